The molecule has 1 heterocycles. The number of alkyl halides is 3. The van der Waals surface area contributed by atoms with Gasteiger partial charge >= 0.3 is 13.3 Å². The molecule has 0 spiro atoms. The van der Waals surface area contributed by atoms with E-state index in [1.807, 2.05) is 0 Å². The van der Waals surface area contributed by atoms with Gasteiger partial charge in [0.2, 0.25) is 0 Å². The molecule has 0 aliphatic heterocycles. The number of hydrogen-bond acceptors (Lipinski definition) is 3. The molecule has 1 saturated carbocycles. The average Bonchev–Trinajstić information content (AvgIpc) is 2.38. The van der Waals surface area contributed by atoms with Crippen molar-refractivity contribution in [2.45, 2.75) is 44.2 Å². The van der Waals surface area contributed by atoms with Crippen LogP contribution in [0, 0.1) is 0 Å². The van der Waals surface area contributed by atoms with E-state index < -0.39 is 19.0 Å². The molecule has 3 nitrogen and oxygen atoms in total. The lowest BCUT2D eigenvalue weighted by Crippen LogP contribution is -2.32. The zero-order valence-electron chi connectivity index (χ0n) is 10.3. The molecule has 0 radical (unpaired) electrons. The molecular formula is C12H15BF3NO2. The Balaban J connectivity index is 2.43. The van der Waals surface area contributed by atoms with Crippen LogP contribution in [0.2, 0.25) is 0 Å². The predicted molar refractivity (Wildman–Crippen MR) is 64.9 cm³/mol. The van der Waals surface area contributed by atoms with Crippen LogP contribution in [0.25, 0.3) is 0 Å². The molecule has 0 unspecified atom stereocenters. The minimum absolute atomic E-state index is 0.00794. The summed E-state index contributed by atoms with van der Waals surface area (Å²) in [6, 6.07) is 1.23. The van der Waals surface area contributed by atoms with Gasteiger partial charge in [-0.25, -0.2) is 0 Å². The molecule has 1 aliphatic rings. The Kier molecular flexibility index (Phi) is 4.15. The first kappa shape index (κ1) is 14.3. The quantitative estimate of drug-likeness (QED) is 0.808. The molecule has 0 saturated heterocycles. The van der Waals surface area contributed by atoms with Crippen LogP contribution in [0.1, 0.15) is 49.3 Å². The molecule has 104 valence electrons. The largest absolute Gasteiger partial charge is 0.490 e. The van der Waals surface area contributed by atoms with Crippen LogP contribution in [0.5, 0.6) is 0 Å². The Labute approximate surface area is 109 Å². The van der Waals surface area contributed by atoms with Gasteiger partial charge in [0.15, 0.2) is 0 Å². The van der Waals surface area contributed by atoms with Gasteiger partial charge in [0, 0.05) is 11.7 Å². The SMILES string of the molecule is OB(O)c1cnc(C(F)(F)F)c(C2CCCCC2)c1. The minimum Gasteiger partial charge on any atom is -0.423 e. The Hall–Kier alpha value is -1.08. The van der Waals surface area contributed by atoms with E-state index in [1.54, 1.807) is 0 Å². The van der Waals surface area contributed by atoms with E-state index >= 15 is 0 Å². The summed E-state index contributed by atoms with van der Waals surface area (Å²) in [6.45, 7) is 0. The smallest absolute Gasteiger partial charge is 0.423 e. The highest BCUT2D eigenvalue weighted by atomic mass is 19.4. The highest BCUT2D eigenvalue weighted by molar-refractivity contribution is 6.58. The number of aromatic nitrogens is 1. The van der Waals surface area contributed by atoms with Gasteiger partial charge in [0.05, 0.1) is 0 Å². The van der Waals surface area contributed by atoms with E-state index in [-0.39, 0.29) is 16.9 Å². The van der Waals surface area contributed by atoms with Gasteiger partial charge in [-0.1, -0.05) is 25.3 Å². The molecule has 1 aromatic heterocycles. The van der Waals surface area contributed by atoms with Gasteiger partial charge in [-0.3, -0.25) is 4.98 Å². The first-order valence-electron chi connectivity index (χ1n) is 6.33. The Bertz CT molecular complexity index is 445. The Morgan fingerprint density at radius 3 is 2.32 bits per heavy atom. The maximum Gasteiger partial charge on any atom is 0.490 e. The molecule has 0 amide bonds. The highest BCUT2D eigenvalue weighted by Gasteiger charge is 2.38. The van der Waals surface area contributed by atoms with Crippen molar-refractivity contribution in [3.05, 3.63) is 23.5 Å². The molecule has 1 aliphatic carbocycles. The zero-order chi connectivity index (χ0) is 14.0. The fraction of sp³-hybridized carbons (Fsp3) is 0.583. The average molecular weight is 273 g/mol. The molecule has 2 N–H and O–H groups in total. The molecule has 0 bridgehead atoms. The molecule has 2 rings (SSSR count). The van der Waals surface area contributed by atoms with Crippen LogP contribution >= 0.6 is 0 Å². The number of rotatable bonds is 2. The van der Waals surface area contributed by atoms with Crippen molar-refractivity contribution >= 4 is 12.6 Å². The maximum absolute atomic E-state index is 12.9. The molecule has 19 heavy (non-hydrogen) atoms. The molecule has 1 aromatic rings. The van der Waals surface area contributed by atoms with E-state index in [9.17, 15) is 13.2 Å². The van der Waals surface area contributed by atoms with Crippen molar-refractivity contribution in [2.75, 3.05) is 0 Å². The van der Waals surface area contributed by atoms with Crippen LogP contribution in [-0.4, -0.2) is 22.2 Å². The van der Waals surface area contributed by atoms with Gasteiger partial charge in [0.25, 0.3) is 0 Å². The molecule has 0 aromatic carbocycles. The summed E-state index contributed by atoms with van der Waals surface area (Å²) < 4.78 is 38.8. The first-order chi connectivity index (χ1) is 8.89. The highest BCUT2D eigenvalue weighted by Crippen LogP contribution is 2.39. The van der Waals surface area contributed by atoms with E-state index in [0.717, 1.165) is 25.5 Å². The van der Waals surface area contributed by atoms with Gasteiger partial charge < -0.3 is 10.0 Å². The summed E-state index contributed by atoms with van der Waals surface area (Å²) in [5.74, 6) is -0.198. The fourth-order valence-electron chi connectivity index (χ4n) is 2.60. The molecule has 7 heteroatoms. The zero-order valence-corrected chi connectivity index (χ0v) is 10.3. The monoisotopic (exact) mass is 273 g/mol. The third-order valence-corrected chi connectivity index (χ3v) is 3.55. The van der Waals surface area contributed by atoms with Crippen molar-refractivity contribution in [2.24, 2.45) is 0 Å². The lowest BCUT2D eigenvalue weighted by molar-refractivity contribution is -0.142. The van der Waals surface area contributed by atoms with Gasteiger partial charge in [-0.2, -0.15) is 13.2 Å². The van der Waals surface area contributed by atoms with Crippen molar-refractivity contribution in [1.82, 2.24) is 4.98 Å². The topological polar surface area (TPSA) is 53.4 Å². The summed E-state index contributed by atoms with van der Waals surface area (Å²) in [6.07, 6.45) is 0.576. The van der Waals surface area contributed by atoms with Gasteiger partial charge in [0.1, 0.15) is 5.69 Å². The van der Waals surface area contributed by atoms with Crippen LogP contribution < -0.4 is 5.46 Å². The number of hydrogen-bond donors (Lipinski definition) is 2. The van der Waals surface area contributed by atoms with Crippen LogP contribution in [0.15, 0.2) is 12.3 Å². The van der Waals surface area contributed by atoms with Crippen molar-refractivity contribution in [1.29, 1.82) is 0 Å². The van der Waals surface area contributed by atoms with Gasteiger partial charge in [-0.15, -0.1) is 0 Å². The standard InChI is InChI=1S/C12H15BF3NO2/c14-12(15,16)11-10(8-4-2-1-3-5-8)6-9(7-17-11)13(18)19/h6-8,18-19H,1-5H2. The summed E-state index contributed by atoms with van der Waals surface area (Å²) in [4.78, 5) is 3.40. The van der Waals surface area contributed by atoms with Gasteiger partial charge in [-0.05, 0) is 24.3 Å². The third kappa shape index (κ3) is 3.28. The second-order valence-electron chi connectivity index (χ2n) is 4.91. The summed E-state index contributed by atoms with van der Waals surface area (Å²) >= 11 is 0. The van der Waals surface area contributed by atoms with Crippen LogP contribution in [0.3, 0.4) is 0 Å². The first-order valence-corrected chi connectivity index (χ1v) is 6.33. The Morgan fingerprint density at radius 1 is 1.16 bits per heavy atom. The summed E-state index contributed by atoms with van der Waals surface area (Å²) in [5.41, 5.74) is -0.796. The maximum atomic E-state index is 12.9. The lowest BCUT2D eigenvalue weighted by atomic mass is 9.77. The van der Waals surface area contributed by atoms with Crippen LogP contribution in [0.4, 0.5) is 13.2 Å². The number of halogens is 3. The summed E-state index contributed by atoms with van der Waals surface area (Å²) in [5, 5.41) is 18.1. The minimum atomic E-state index is -4.51. The Morgan fingerprint density at radius 2 is 1.79 bits per heavy atom. The van der Waals surface area contributed by atoms with E-state index in [2.05, 4.69) is 4.98 Å². The van der Waals surface area contributed by atoms with E-state index in [0.29, 0.717) is 12.8 Å². The third-order valence-electron chi connectivity index (χ3n) is 3.55. The molecule has 1 fully saturated rings. The van der Waals surface area contributed by atoms with Crippen molar-refractivity contribution in [3.8, 4) is 0 Å². The number of nitrogens with zero attached hydrogens (tertiary/aromatic N) is 1. The van der Waals surface area contributed by atoms with Crippen molar-refractivity contribution < 1.29 is 23.2 Å². The predicted octanol–water partition coefficient (Wildman–Crippen LogP) is 1.83. The molecule has 0 atom stereocenters. The second-order valence-corrected chi connectivity index (χ2v) is 4.91. The van der Waals surface area contributed by atoms with Crippen molar-refractivity contribution in [3.63, 3.8) is 0 Å². The second kappa shape index (κ2) is 5.50. The molecular weight excluding hydrogens is 258 g/mol. The lowest BCUT2D eigenvalue weighted by Gasteiger charge is -2.25. The normalized spacial score (nSPS) is 17.5. The number of pyridine rings is 1. The van der Waals surface area contributed by atoms with Crippen LogP contribution in [-0.2, 0) is 6.18 Å². The fourth-order valence-corrected chi connectivity index (χ4v) is 2.60. The van der Waals surface area contributed by atoms with E-state index in [1.165, 1.54) is 6.07 Å². The summed E-state index contributed by atoms with van der Waals surface area (Å²) in [7, 11) is -1.79. The van der Waals surface area contributed by atoms with E-state index in [4.69, 9.17) is 10.0 Å².